The first-order chi connectivity index (χ1) is 11.7. The first-order valence-electron chi connectivity index (χ1n) is 7.06. The van der Waals surface area contributed by atoms with Crippen LogP contribution in [0.5, 0.6) is 5.75 Å². The molecule has 0 bridgehead atoms. The highest BCUT2D eigenvalue weighted by atomic mass is 35.5. The molecule has 122 valence electrons. The summed E-state index contributed by atoms with van der Waals surface area (Å²) >= 11 is 5.95. The zero-order valence-corrected chi connectivity index (χ0v) is 13.5. The first kappa shape index (κ1) is 16.0. The van der Waals surface area contributed by atoms with Crippen molar-refractivity contribution >= 4 is 17.6 Å². The molecule has 0 N–H and O–H groups in total. The van der Waals surface area contributed by atoms with Gasteiger partial charge in [-0.2, -0.15) is 0 Å². The molecule has 3 rings (SSSR count). The van der Waals surface area contributed by atoms with Crippen LogP contribution in [-0.4, -0.2) is 23.3 Å². The van der Waals surface area contributed by atoms with Gasteiger partial charge < -0.3 is 13.9 Å². The Labute approximate surface area is 143 Å². The van der Waals surface area contributed by atoms with Gasteiger partial charge in [-0.15, -0.1) is 10.2 Å². The Morgan fingerprint density at radius 1 is 1.12 bits per heavy atom. The fraction of sp³-hybridized carbons (Fsp3) is 0.118. The summed E-state index contributed by atoms with van der Waals surface area (Å²) in [5, 5.41) is 8.13. The SMILES string of the molecule is COc1ccc(-c2nnc(COC(=O)c3ccccc3Cl)o2)cc1. The highest BCUT2D eigenvalue weighted by Gasteiger charge is 2.14. The molecular formula is C17H13ClN2O4. The molecule has 0 fully saturated rings. The molecule has 0 atom stereocenters. The summed E-state index contributed by atoms with van der Waals surface area (Å²) in [7, 11) is 1.59. The fourth-order valence-electron chi connectivity index (χ4n) is 1.99. The van der Waals surface area contributed by atoms with Crippen molar-refractivity contribution in [1.82, 2.24) is 10.2 Å². The molecule has 3 aromatic rings. The second kappa shape index (κ2) is 7.14. The lowest BCUT2D eigenvalue weighted by molar-refractivity contribution is 0.0439. The largest absolute Gasteiger partial charge is 0.497 e. The molecule has 1 aromatic heterocycles. The van der Waals surface area contributed by atoms with E-state index in [4.69, 9.17) is 25.5 Å². The Bertz CT molecular complexity index is 846. The molecule has 0 amide bonds. The van der Waals surface area contributed by atoms with Crippen LogP contribution in [0, 0.1) is 0 Å². The summed E-state index contributed by atoms with van der Waals surface area (Å²) in [6, 6.07) is 13.8. The van der Waals surface area contributed by atoms with E-state index in [1.807, 2.05) is 0 Å². The molecular weight excluding hydrogens is 332 g/mol. The van der Waals surface area contributed by atoms with E-state index in [0.29, 0.717) is 10.9 Å². The summed E-state index contributed by atoms with van der Waals surface area (Å²) < 4.78 is 15.7. The number of carbonyl (C=O) groups is 1. The minimum atomic E-state index is -0.551. The number of carbonyl (C=O) groups excluding carboxylic acids is 1. The number of esters is 1. The van der Waals surface area contributed by atoms with Crippen LogP contribution in [0.15, 0.2) is 52.9 Å². The molecule has 0 spiro atoms. The van der Waals surface area contributed by atoms with Crippen molar-refractivity contribution in [2.45, 2.75) is 6.61 Å². The standard InChI is InChI=1S/C17H13ClN2O4/c1-22-12-8-6-11(7-9-12)16-20-19-15(24-16)10-23-17(21)13-4-2-3-5-14(13)18/h2-9H,10H2,1H3. The third-order valence-corrected chi connectivity index (χ3v) is 3.55. The normalized spacial score (nSPS) is 10.4. The predicted octanol–water partition coefficient (Wildman–Crippen LogP) is 3.76. The molecule has 7 heteroatoms. The summed E-state index contributed by atoms with van der Waals surface area (Å²) in [5.41, 5.74) is 1.03. The number of nitrogens with zero attached hydrogens (tertiary/aromatic N) is 2. The van der Waals surface area contributed by atoms with Gasteiger partial charge in [-0.25, -0.2) is 4.79 Å². The number of hydrogen-bond donors (Lipinski definition) is 0. The van der Waals surface area contributed by atoms with Crippen molar-refractivity contribution in [2.75, 3.05) is 7.11 Å². The van der Waals surface area contributed by atoms with Gasteiger partial charge in [-0.3, -0.25) is 0 Å². The highest BCUT2D eigenvalue weighted by molar-refractivity contribution is 6.33. The maximum absolute atomic E-state index is 12.0. The van der Waals surface area contributed by atoms with Crippen molar-refractivity contribution in [3.05, 3.63) is 65.0 Å². The molecule has 0 saturated carbocycles. The average Bonchev–Trinajstić information content (AvgIpc) is 3.09. The van der Waals surface area contributed by atoms with Crippen molar-refractivity contribution in [3.8, 4) is 17.2 Å². The van der Waals surface area contributed by atoms with Gasteiger partial charge in [0.25, 0.3) is 5.89 Å². The summed E-state index contributed by atoms with van der Waals surface area (Å²) in [6.07, 6.45) is 0. The Kier molecular flexibility index (Phi) is 4.77. The van der Waals surface area contributed by atoms with Gasteiger partial charge in [0.2, 0.25) is 5.89 Å². The van der Waals surface area contributed by atoms with E-state index >= 15 is 0 Å². The molecule has 0 aliphatic heterocycles. The molecule has 0 unspecified atom stereocenters. The fourth-order valence-corrected chi connectivity index (χ4v) is 2.21. The van der Waals surface area contributed by atoms with E-state index in [-0.39, 0.29) is 18.1 Å². The molecule has 6 nitrogen and oxygen atoms in total. The number of rotatable bonds is 5. The molecule has 1 heterocycles. The number of halogens is 1. The average molecular weight is 345 g/mol. The zero-order chi connectivity index (χ0) is 16.9. The van der Waals surface area contributed by atoms with Crippen molar-refractivity contribution in [1.29, 1.82) is 0 Å². The van der Waals surface area contributed by atoms with Gasteiger partial charge in [0.15, 0.2) is 6.61 Å². The number of hydrogen-bond acceptors (Lipinski definition) is 6. The van der Waals surface area contributed by atoms with Crippen molar-refractivity contribution < 1.29 is 18.7 Å². The first-order valence-corrected chi connectivity index (χ1v) is 7.43. The Balaban J connectivity index is 1.66. The van der Waals surface area contributed by atoms with E-state index in [2.05, 4.69) is 10.2 Å². The minimum Gasteiger partial charge on any atom is -0.497 e. The third-order valence-electron chi connectivity index (χ3n) is 3.22. The number of benzene rings is 2. The monoisotopic (exact) mass is 344 g/mol. The second-order valence-corrected chi connectivity index (χ2v) is 5.19. The van der Waals surface area contributed by atoms with E-state index in [1.54, 1.807) is 55.6 Å². The molecule has 0 radical (unpaired) electrons. The zero-order valence-electron chi connectivity index (χ0n) is 12.7. The smallest absolute Gasteiger partial charge is 0.340 e. The van der Waals surface area contributed by atoms with Gasteiger partial charge in [-0.1, -0.05) is 23.7 Å². The van der Waals surface area contributed by atoms with Crippen LogP contribution in [0.1, 0.15) is 16.2 Å². The topological polar surface area (TPSA) is 74.5 Å². The second-order valence-electron chi connectivity index (χ2n) is 4.79. The van der Waals surface area contributed by atoms with Crippen LogP contribution in [0.3, 0.4) is 0 Å². The van der Waals surface area contributed by atoms with E-state index in [0.717, 1.165) is 11.3 Å². The summed E-state index contributed by atoms with van der Waals surface area (Å²) in [5.74, 6) is 0.708. The van der Waals surface area contributed by atoms with Gasteiger partial charge in [-0.05, 0) is 36.4 Å². The van der Waals surface area contributed by atoms with E-state index < -0.39 is 5.97 Å². The minimum absolute atomic E-state index is 0.132. The summed E-state index contributed by atoms with van der Waals surface area (Å²) in [4.78, 5) is 12.0. The molecule has 24 heavy (non-hydrogen) atoms. The Morgan fingerprint density at radius 2 is 1.88 bits per heavy atom. The maximum Gasteiger partial charge on any atom is 0.340 e. The highest BCUT2D eigenvalue weighted by Crippen LogP contribution is 2.22. The lowest BCUT2D eigenvalue weighted by atomic mass is 10.2. The number of aromatic nitrogens is 2. The van der Waals surface area contributed by atoms with Gasteiger partial charge in [0.1, 0.15) is 5.75 Å². The van der Waals surface area contributed by atoms with Gasteiger partial charge in [0.05, 0.1) is 17.7 Å². The maximum atomic E-state index is 12.0. The van der Waals surface area contributed by atoms with Crippen LogP contribution in [0.25, 0.3) is 11.5 Å². The molecule has 0 aliphatic carbocycles. The van der Waals surface area contributed by atoms with Gasteiger partial charge >= 0.3 is 5.97 Å². The Morgan fingerprint density at radius 3 is 2.58 bits per heavy atom. The lowest BCUT2D eigenvalue weighted by Crippen LogP contribution is -2.06. The molecule has 0 saturated heterocycles. The Hall–Kier alpha value is -2.86. The third kappa shape index (κ3) is 3.55. The molecule has 0 aliphatic rings. The van der Waals surface area contributed by atoms with Crippen LogP contribution in [-0.2, 0) is 11.3 Å². The van der Waals surface area contributed by atoms with E-state index in [1.165, 1.54) is 0 Å². The number of methoxy groups -OCH3 is 1. The predicted molar refractivity (Wildman–Crippen MR) is 86.9 cm³/mol. The molecule has 2 aromatic carbocycles. The van der Waals surface area contributed by atoms with Crippen molar-refractivity contribution in [3.63, 3.8) is 0 Å². The van der Waals surface area contributed by atoms with Crippen molar-refractivity contribution in [2.24, 2.45) is 0 Å². The quantitative estimate of drug-likeness (QED) is 0.656. The summed E-state index contributed by atoms with van der Waals surface area (Å²) in [6.45, 7) is -0.132. The van der Waals surface area contributed by atoms with Crippen LogP contribution in [0.2, 0.25) is 5.02 Å². The van der Waals surface area contributed by atoms with Crippen LogP contribution < -0.4 is 4.74 Å². The number of ether oxygens (including phenoxy) is 2. The van der Waals surface area contributed by atoms with Crippen LogP contribution in [0.4, 0.5) is 0 Å². The van der Waals surface area contributed by atoms with E-state index in [9.17, 15) is 4.79 Å². The van der Waals surface area contributed by atoms with Gasteiger partial charge in [0, 0.05) is 5.56 Å². The van der Waals surface area contributed by atoms with Crippen LogP contribution >= 0.6 is 11.6 Å². The lowest BCUT2D eigenvalue weighted by Gasteiger charge is -2.03.